The molecule has 0 atom stereocenters. The fourth-order valence-electron chi connectivity index (χ4n) is 3.26. The molecular formula is C21H26N2O3S. The lowest BCUT2D eigenvalue weighted by atomic mass is 10.1. The third-order valence-electron chi connectivity index (χ3n) is 5.04. The Labute approximate surface area is 161 Å². The Hall–Kier alpha value is -2.34. The lowest BCUT2D eigenvalue weighted by Crippen LogP contribution is -2.36. The molecule has 0 aliphatic carbocycles. The third kappa shape index (κ3) is 4.50. The summed E-state index contributed by atoms with van der Waals surface area (Å²) in [5.74, 6) is 0.142. The molecule has 1 aliphatic heterocycles. The van der Waals surface area contributed by atoms with Gasteiger partial charge in [0.1, 0.15) is 0 Å². The standard InChI is InChI=1S/C21H26N2O3S/c1-17-6-12-20(13-7-17)27(25,26)22(2)19-10-8-18(9-11-19)16-21(24)23-14-4-3-5-15-23/h6-13H,3-5,14-16H2,1-2H3. The van der Waals surface area contributed by atoms with Gasteiger partial charge in [-0.1, -0.05) is 29.8 Å². The van der Waals surface area contributed by atoms with Crippen molar-refractivity contribution < 1.29 is 13.2 Å². The van der Waals surface area contributed by atoms with Gasteiger partial charge in [0.15, 0.2) is 0 Å². The predicted molar refractivity (Wildman–Crippen MR) is 107 cm³/mol. The van der Waals surface area contributed by atoms with Gasteiger partial charge in [-0.2, -0.15) is 0 Å². The van der Waals surface area contributed by atoms with E-state index in [1.54, 1.807) is 43.4 Å². The number of amides is 1. The molecule has 0 spiro atoms. The van der Waals surface area contributed by atoms with Crippen molar-refractivity contribution >= 4 is 21.6 Å². The van der Waals surface area contributed by atoms with Gasteiger partial charge >= 0.3 is 0 Å². The van der Waals surface area contributed by atoms with Crippen LogP contribution in [-0.4, -0.2) is 39.4 Å². The summed E-state index contributed by atoms with van der Waals surface area (Å²) in [7, 11) is -2.06. The minimum atomic E-state index is -3.60. The van der Waals surface area contributed by atoms with Crippen molar-refractivity contribution in [2.75, 3.05) is 24.4 Å². The minimum absolute atomic E-state index is 0.142. The molecule has 2 aromatic rings. The largest absolute Gasteiger partial charge is 0.342 e. The zero-order chi connectivity index (χ0) is 19.4. The maximum atomic E-state index is 12.8. The van der Waals surface area contributed by atoms with E-state index in [2.05, 4.69) is 0 Å². The van der Waals surface area contributed by atoms with Crippen molar-refractivity contribution in [1.82, 2.24) is 4.90 Å². The van der Waals surface area contributed by atoms with Crippen molar-refractivity contribution in [3.05, 3.63) is 59.7 Å². The number of sulfonamides is 1. The number of rotatable bonds is 5. The maximum Gasteiger partial charge on any atom is 0.264 e. The number of anilines is 1. The fourth-order valence-corrected chi connectivity index (χ4v) is 4.46. The van der Waals surface area contributed by atoms with Crippen molar-refractivity contribution in [1.29, 1.82) is 0 Å². The van der Waals surface area contributed by atoms with Gasteiger partial charge in [-0.05, 0) is 56.0 Å². The van der Waals surface area contributed by atoms with Crippen molar-refractivity contribution in [2.45, 2.75) is 37.5 Å². The SMILES string of the molecule is Cc1ccc(S(=O)(=O)N(C)c2ccc(CC(=O)N3CCCCC3)cc2)cc1. The van der Waals surface area contributed by atoms with E-state index >= 15 is 0 Å². The lowest BCUT2D eigenvalue weighted by molar-refractivity contribution is -0.131. The van der Waals surface area contributed by atoms with E-state index in [1.807, 2.05) is 24.0 Å². The maximum absolute atomic E-state index is 12.8. The number of piperidine rings is 1. The molecule has 27 heavy (non-hydrogen) atoms. The number of hydrogen-bond acceptors (Lipinski definition) is 3. The molecule has 0 bridgehead atoms. The highest BCUT2D eigenvalue weighted by Crippen LogP contribution is 2.23. The van der Waals surface area contributed by atoms with E-state index in [4.69, 9.17) is 0 Å². The second-order valence-electron chi connectivity index (χ2n) is 7.07. The van der Waals surface area contributed by atoms with E-state index in [-0.39, 0.29) is 10.8 Å². The normalized spacial score (nSPS) is 14.8. The molecule has 1 aliphatic rings. The number of hydrogen-bond donors (Lipinski definition) is 0. The lowest BCUT2D eigenvalue weighted by Gasteiger charge is -2.26. The molecular weight excluding hydrogens is 360 g/mol. The highest BCUT2D eigenvalue weighted by Gasteiger charge is 2.21. The van der Waals surface area contributed by atoms with Crippen LogP contribution in [0.4, 0.5) is 5.69 Å². The third-order valence-corrected chi connectivity index (χ3v) is 6.84. The monoisotopic (exact) mass is 386 g/mol. The molecule has 0 N–H and O–H groups in total. The molecule has 5 nitrogen and oxygen atoms in total. The van der Waals surface area contributed by atoms with Crippen LogP contribution in [-0.2, 0) is 21.2 Å². The molecule has 0 aromatic heterocycles. The highest BCUT2D eigenvalue weighted by atomic mass is 32.2. The Bertz CT molecular complexity index is 884. The second-order valence-corrected chi connectivity index (χ2v) is 9.04. The van der Waals surface area contributed by atoms with E-state index in [1.165, 1.54) is 10.7 Å². The number of carbonyl (C=O) groups is 1. The van der Waals surface area contributed by atoms with Crippen molar-refractivity contribution in [2.24, 2.45) is 0 Å². The first kappa shape index (κ1) is 19.4. The zero-order valence-corrected chi connectivity index (χ0v) is 16.7. The summed E-state index contributed by atoms with van der Waals surface area (Å²) >= 11 is 0. The second kappa shape index (κ2) is 8.13. The zero-order valence-electron chi connectivity index (χ0n) is 15.9. The van der Waals surface area contributed by atoms with E-state index in [0.717, 1.165) is 37.1 Å². The van der Waals surface area contributed by atoms with Gasteiger partial charge in [-0.15, -0.1) is 0 Å². The van der Waals surface area contributed by atoms with Crippen LogP contribution in [0, 0.1) is 6.92 Å². The Balaban J connectivity index is 1.70. The molecule has 6 heteroatoms. The van der Waals surface area contributed by atoms with Crippen LogP contribution < -0.4 is 4.31 Å². The Morgan fingerprint density at radius 2 is 1.56 bits per heavy atom. The average Bonchev–Trinajstić information content (AvgIpc) is 2.69. The minimum Gasteiger partial charge on any atom is -0.342 e. The van der Waals surface area contributed by atoms with E-state index in [0.29, 0.717) is 12.1 Å². The van der Waals surface area contributed by atoms with Gasteiger partial charge in [0, 0.05) is 20.1 Å². The van der Waals surface area contributed by atoms with Crippen LogP contribution in [0.1, 0.15) is 30.4 Å². The van der Waals surface area contributed by atoms with Crippen LogP contribution in [0.15, 0.2) is 53.4 Å². The van der Waals surface area contributed by atoms with Crippen LogP contribution in [0.3, 0.4) is 0 Å². The Morgan fingerprint density at radius 3 is 2.15 bits per heavy atom. The van der Waals surface area contributed by atoms with E-state index < -0.39 is 10.0 Å². The van der Waals surface area contributed by atoms with Crippen molar-refractivity contribution in [3.8, 4) is 0 Å². The van der Waals surface area contributed by atoms with Gasteiger partial charge in [0.05, 0.1) is 17.0 Å². The average molecular weight is 387 g/mol. The van der Waals surface area contributed by atoms with Crippen LogP contribution in [0.5, 0.6) is 0 Å². The fraction of sp³-hybridized carbons (Fsp3) is 0.381. The summed E-state index contributed by atoms with van der Waals surface area (Å²) < 4.78 is 26.8. The topological polar surface area (TPSA) is 57.7 Å². The summed E-state index contributed by atoms with van der Waals surface area (Å²) in [5.41, 5.74) is 2.49. The molecule has 1 amide bonds. The van der Waals surface area contributed by atoms with Gasteiger partial charge in [-0.3, -0.25) is 9.10 Å². The first-order chi connectivity index (χ1) is 12.9. The van der Waals surface area contributed by atoms with Gasteiger partial charge in [0.2, 0.25) is 5.91 Å². The van der Waals surface area contributed by atoms with Gasteiger partial charge in [-0.25, -0.2) is 8.42 Å². The summed E-state index contributed by atoms with van der Waals surface area (Å²) in [4.78, 5) is 14.6. The molecule has 144 valence electrons. The molecule has 0 saturated carbocycles. The molecule has 1 saturated heterocycles. The number of aryl methyl sites for hydroxylation is 1. The number of carbonyl (C=O) groups excluding carboxylic acids is 1. The number of likely N-dealkylation sites (tertiary alicyclic amines) is 1. The summed E-state index contributed by atoms with van der Waals surface area (Å²) in [5, 5.41) is 0. The Kier molecular flexibility index (Phi) is 5.85. The van der Waals surface area contributed by atoms with Crippen LogP contribution >= 0.6 is 0 Å². The highest BCUT2D eigenvalue weighted by molar-refractivity contribution is 7.92. The van der Waals surface area contributed by atoms with E-state index in [9.17, 15) is 13.2 Å². The quantitative estimate of drug-likeness (QED) is 0.792. The smallest absolute Gasteiger partial charge is 0.264 e. The molecule has 3 rings (SSSR count). The van der Waals surface area contributed by atoms with Crippen LogP contribution in [0.2, 0.25) is 0 Å². The van der Waals surface area contributed by atoms with Crippen LogP contribution in [0.25, 0.3) is 0 Å². The first-order valence-corrected chi connectivity index (χ1v) is 10.7. The summed E-state index contributed by atoms with van der Waals surface area (Å²) in [6.45, 7) is 3.60. The molecule has 1 fully saturated rings. The predicted octanol–water partition coefficient (Wildman–Crippen LogP) is 3.38. The molecule has 2 aromatic carbocycles. The molecule has 0 unspecified atom stereocenters. The Morgan fingerprint density at radius 1 is 0.963 bits per heavy atom. The summed E-state index contributed by atoms with van der Waals surface area (Å²) in [6.07, 6.45) is 3.70. The number of benzene rings is 2. The van der Waals surface area contributed by atoms with Gasteiger partial charge < -0.3 is 4.90 Å². The van der Waals surface area contributed by atoms with Crippen molar-refractivity contribution in [3.63, 3.8) is 0 Å². The number of nitrogens with zero attached hydrogens (tertiary/aromatic N) is 2. The molecule has 1 heterocycles. The van der Waals surface area contributed by atoms with Gasteiger partial charge in [0.25, 0.3) is 10.0 Å². The molecule has 0 radical (unpaired) electrons. The summed E-state index contributed by atoms with van der Waals surface area (Å²) in [6, 6.07) is 14.0. The first-order valence-electron chi connectivity index (χ1n) is 9.30.